The van der Waals surface area contributed by atoms with E-state index in [1.165, 1.54) is 22.3 Å². The van der Waals surface area contributed by atoms with Gasteiger partial charge in [0.15, 0.2) is 23.0 Å². The van der Waals surface area contributed by atoms with Crippen LogP contribution in [0.3, 0.4) is 0 Å². The highest BCUT2D eigenvalue weighted by Gasteiger charge is 2.35. The van der Waals surface area contributed by atoms with E-state index in [1.54, 1.807) is 24.3 Å². The van der Waals surface area contributed by atoms with Gasteiger partial charge in [0, 0.05) is 27.7 Å². The molecule has 0 heterocycles. The standard InChI is InChI=1S/C31H25NO7/c1-31(2)19-6-4-3-5-17(19)18-12-11-16(13-20(18)31)32-15-9-7-14(8-10-15)21-22-23(26(35)28(37)24(21)33)27(36)30(39)29(38)25(22)34/h3-13,32-39H,1-2H3. The van der Waals surface area contributed by atoms with Crippen LogP contribution in [-0.4, -0.2) is 35.7 Å². The Labute approximate surface area is 222 Å². The smallest absolute Gasteiger partial charge is 0.205 e. The van der Waals surface area contributed by atoms with Crippen molar-refractivity contribution in [1.29, 1.82) is 0 Å². The molecule has 0 aliphatic heterocycles. The second kappa shape index (κ2) is 8.13. The Hall–Kier alpha value is -5.24. The topological polar surface area (TPSA) is 154 Å². The van der Waals surface area contributed by atoms with Gasteiger partial charge in [0.25, 0.3) is 0 Å². The van der Waals surface area contributed by atoms with E-state index in [1.807, 2.05) is 18.2 Å². The summed E-state index contributed by atoms with van der Waals surface area (Å²) in [6.07, 6.45) is 0. The zero-order valence-electron chi connectivity index (χ0n) is 21.0. The predicted octanol–water partition coefficient (Wildman–Crippen LogP) is 6.50. The first-order chi connectivity index (χ1) is 18.5. The number of nitrogens with one attached hydrogen (secondary N) is 1. The zero-order chi connectivity index (χ0) is 27.8. The molecule has 5 aromatic rings. The van der Waals surface area contributed by atoms with Crippen molar-refractivity contribution in [3.63, 3.8) is 0 Å². The predicted molar refractivity (Wildman–Crippen MR) is 148 cm³/mol. The van der Waals surface area contributed by atoms with Crippen molar-refractivity contribution >= 4 is 22.1 Å². The van der Waals surface area contributed by atoms with Gasteiger partial charge in [-0.3, -0.25) is 0 Å². The lowest BCUT2D eigenvalue weighted by molar-refractivity contribution is 0.347. The van der Waals surface area contributed by atoms with Crippen LogP contribution in [0.15, 0.2) is 66.7 Å². The molecule has 0 unspecified atom stereocenters. The molecule has 8 heteroatoms. The van der Waals surface area contributed by atoms with Crippen LogP contribution < -0.4 is 5.32 Å². The lowest BCUT2D eigenvalue weighted by atomic mass is 9.82. The Morgan fingerprint density at radius 3 is 1.72 bits per heavy atom. The number of anilines is 2. The highest BCUT2D eigenvalue weighted by atomic mass is 16.3. The van der Waals surface area contributed by atoms with E-state index in [2.05, 4.69) is 43.4 Å². The molecule has 39 heavy (non-hydrogen) atoms. The SMILES string of the molecule is CC1(C)c2ccccc2-c2ccc(Nc3ccc(-c4c(O)c(O)c(O)c5c(O)c(O)c(O)c(O)c45)cc3)cc21. The Kier molecular flexibility index (Phi) is 5.03. The van der Waals surface area contributed by atoms with Crippen LogP contribution in [0.25, 0.3) is 33.0 Å². The third-order valence-corrected chi connectivity index (χ3v) is 7.61. The lowest BCUT2D eigenvalue weighted by Crippen LogP contribution is -2.15. The average Bonchev–Trinajstić information content (AvgIpc) is 3.16. The number of aromatic hydroxyl groups is 7. The lowest BCUT2D eigenvalue weighted by Gasteiger charge is -2.22. The van der Waals surface area contributed by atoms with Gasteiger partial charge >= 0.3 is 0 Å². The summed E-state index contributed by atoms with van der Waals surface area (Å²) in [5.74, 6) is -6.66. The van der Waals surface area contributed by atoms with Crippen molar-refractivity contribution < 1.29 is 35.7 Å². The molecule has 5 aromatic carbocycles. The molecule has 8 nitrogen and oxygen atoms in total. The first kappa shape index (κ1) is 24.1. The van der Waals surface area contributed by atoms with Crippen LogP contribution in [-0.2, 0) is 5.41 Å². The van der Waals surface area contributed by atoms with Gasteiger partial charge in [-0.1, -0.05) is 56.3 Å². The number of phenols is 7. The van der Waals surface area contributed by atoms with Crippen molar-refractivity contribution in [2.75, 3.05) is 5.32 Å². The van der Waals surface area contributed by atoms with Crippen LogP contribution in [0, 0.1) is 0 Å². The molecule has 0 saturated heterocycles. The summed E-state index contributed by atoms with van der Waals surface area (Å²) in [4.78, 5) is 0. The quantitative estimate of drug-likeness (QED) is 0.0985. The van der Waals surface area contributed by atoms with E-state index in [0.717, 1.165) is 5.69 Å². The molecule has 0 saturated carbocycles. The maximum atomic E-state index is 10.7. The second-order valence-electron chi connectivity index (χ2n) is 10.2. The van der Waals surface area contributed by atoms with Gasteiger partial charge in [-0.2, -0.15) is 0 Å². The fraction of sp³-hybridized carbons (Fsp3) is 0.0968. The number of benzene rings is 5. The van der Waals surface area contributed by atoms with Crippen molar-refractivity contribution in [3.05, 3.63) is 77.9 Å². The molecule has 1 aliphatic rings. The molecule has 0 bridgehead atoms. The third-order valence-electron chi connectivity index (χ3n) is 7.61. The van der Waals surface area contributed by atoms with Crippen LogP contribution in [0.1, 0.15) is 25.0 Å². The molecular weight excluding hydrogens is 498 g/mol. The number of hydrogen-bond acceptors (Lipinski definition) is 8. The van der Waals surface area contributed by atoms with Gasteiger partial charge in [-0.15, -0.1) is 0 Å². The summed E-state index contributed by atoms with van der Waals surface area (Å²) in [6.45, 7) is 4.40. The molecule has 0 amide bonds. The van der Waals surface area contributed by atoms with E-state index in [-0.39, 0.29) is 16.4 Å². The van der Waals surface area contributed by atoms with Gasteiger partial charge in [-0.25, -0.2) is 0 Å². The van der Waals surface area contributed by atoms with Crippen LogP contribution in [0.2, 0.25) is 0 Å². The summed E-state index contributed by atoms with van der Waals surface area (Å²) in [7, 11) is 0. The van der Waals surface area contributed by atoms with Crippen molar-refractivity contribution in [1.82, 2.24) is 0 Å². The van der Waals surface area contributed by atoms with E-state index < -0.39 is 45.6 Å². The van der Waals surface area contributed by atoms with Gasteiger partial charge < -0.3 is 41.1 Å². The molecule has 0 atom stereocenters. The molecule has 8 N–H and O–H groups in total. The summed E-state index contributed by atoms with van der Waals surface area (Å²) in [6, 6.07) is 21.2. The monoisotopic (exact) mass is 523 g/mol. The van der Waals surface area contributed by atoms with E-state index in [0.29, 0.717) is 11.3 Å². The number of hydrogen-bond donors (Lipinski definition) is 8. The van der Waals surface area contributed by atoms with Crippen molar-refractivity contribution in [2.45, 2.75) is 19.3 Å². The van der Waals surface area contributed by atoms with Crippen LogP contribution in [0.4, 0.5) is 11.4 Å². The van der Waals surface area contributed by atoms with Gasteiger partial charge in [-0.05, 0) is 52.1 Å². The highest BCUT2D eigenvalue weighted by molar-refractivity contribution is 6.13. The van der Waals surface area contributed by atoms with E-state index >= 15 is 0 Å². The van der Waals surface area contributed by atoms with Crippen molar-refractivity contribution in [3.8, 4) is 62.5 Å². The minimum absolute atomic E-state index is 0.152. The van der Waals surface area contributed by atoms with Crippen molar-refractivity contribution in [2.24, 2.45) is 0 Å². The largest absolute Gasteiger partial charge is 0.504 e. The number of phenolic OH excluding ortho intramolecular Hbond substituents is 7. The van der Waals surface area contributed by atoms with Gasteiger partial charge in [0.2, 0.25) is 17.2 Å². The third kappa shape index (κ3) is 3.31. The first-order valence-electron chi connectivity index (χ1n) is 12.2. The van der Waals surface area contributed by atoms with E-state index in [4.69, 9.17) is 0 Å². The Balaban J connectivity index is 1.40. The maximum Gasteiger partial charge on any atom is 0.205 e. The Morgan fingerprint density at radius 1 is 0.513 bits per heavy atom. The normalized spacial score (nSPS) is 13.3. The van der Waals surface area contributed by atoms with Crippen LogP contribution >= 0.6 is 0 Å². The fourth-order valence-corrected chi connectivity index (χ4v) is 5.59. The van der Waals surface area contributed by atoms with Gasteiger partial charge in [0.05, 0.1) is 5.39 Å². The molecule has 0 radical (unpaired) electrons. The molecule has 1 aliphatic carbocycles. The molecule has 0 spiro atoms. The van der Waals surface area contributed by atoms with Crippen LogP contribution in [0.5, 0.6) is 40.2 Å². The summed E-state index contributed by atoms with van der Waals surface area (Å²) >= 11 is 0. The molecule has 0 aromatic heterocycles. The van der Waals surface area contributed by atoms with E-state index in [9.17, 15) is 35.7 Å². The molecule has 6 rings (SSSR count). The Bertz CT molecular complexity index is 1820. The summed E-state index contributed by atoms with van der Waals surface area (Å²) in [5.41, 5.74) is 6.48. The maximum absolute atomic E-state index is 10.7. The summed E-state index contributed by atoms with van der Waals surface area (Å²) in [5, 5.41) is 74.6. The Morgan fingerprint density at radius 2 is 1.05 bits per heavy atom. The average molecular weight is 524 g/mol. The number of fused-ring (bicyclic) bond motifs is 4. The molecule has 0 fully saturated rings. The summed E-state index contributed by atoms with van der Waals surface area (Å²) < 4.78 is 0. The first-order valence-corrected chi connectivity index (χ1v) is 12.2. The number of rotatable bonds is 3. The second-order valence-corrected chi connectivity index (χ2v) is 10.2. The molecule has 196 valence electrons. The highest BCUT2D eigenvalue weighted by Crippen LogP contribution is 2.59. The minimum Gasteiger partial charge on any atom is -0.504 e. The molecular formula is C31H25NO7. The van der Waals surface area contributed by atoms with Gasteiger partial charge in [0.1, 0.15) is 0 Å². The fourth-order valence-electron chi connectivity index (χ4n) is 5.59. The minimum atomic E-state index is -1.08. The zero-order valence-corrected chi connectivity index (χ0v) is 21.0.